The van der Waals surface area contributed by atoms with Gasteiger partial charge in [0.25, 0.3) is 5.78 Å². The van der Waals surface area contributed by atoms with Crippen molar-refractivity contribution in [2.45, 2.75) is 53.0 Å². The Balaban J connectivity index is 1.10. The van der Waals surface area contributed by atoms with Crippen LogP contribution < -0.4 is 4.90 Å². The van der Waals surface area contributed by atoms with E-state index in [0.717, 1.165) is 66.9 Å². The maximum atomic E-state index is 4.74. The number of hydrogen-bond acceptors (Lipinski definition) is 8. The molecule has 1 unspecified atom stereocenters. The highest BCUT2D eigenvalue weighted by molar-refractivity contribution is 5.54. The minimum absolute atomic E-state index is 0.539. The topological polar surface area (TPSA) is 88.2 Å². The number of hydrogen-bond donors (Lipinski definition) is 0. The van der Waals surface area contributed by atoms with Gasteiger partial charge >= 0.3 is 0 Å². The van der Waals surface area contributed by atoms with Crippen LogP contribution in [0.5, 0.6) is 0 Å². The van der Waals surface area contributed by atoms with Crippen LogP contribution in [0.4, 0.5) is 5.82 Å². The number of aromatic nitrogens is 7. The third-order valence-electron chi connectivity index (χ3n) is 7.59. The lowest BCUT2D eigenvalue weighted by Crippen LogP contribution is -2.22. The molecule has 9 heteroatoms. The summed E-state index contributed by atoms with van der Waals surface area (Å²) in [6.45, 7) is 11.4. The number of anilines is 1. The lowest BCUT2D eigenvalue weighted by molar-refractivity contribution is 0.331. The molecule has 2 aliphatic rings. The molecule has 186 valence electrons. The summed E-state index contributed by atoms with van der Waals surface area (Å²) in [5.74, 6) is 2.91. The van der Waals surface area contributed by atoms with E-state index in [2.05, 4.69) is 50.8 Å². The molecular formula is C27H33N9. The molecule has 2 aliphatic heterocycles. The van der Waals surface area contributed by atoms with Crippen molar-refractivity contribution in [3.8, 4) is 11.4 Å². The quantitative estimate of drug-likeness (QED) is 0.411. The second-order valence-corrected chi connectivity index (χ2v) is 10.2. The molecule has 0 N–H and O–H groups in total. The first-order valence-electron chi connectivity index (χ1n) is 13.0. The molecule has 1 atom stereocenters. The van der Waals surface area contributed by atoms with Crippen molar-refractivity contribution in [3.63, 3.8) is 0 Å². The second-order valence-electron chi connectivity index (χ2n) is 10.2. The highest BCUT2D eigenvalue weighted by Gasteiger charge is 2.26. The molecule has 9 nitrogen and oxygen atoms in total. The fraction of sp³-hybridized carbons (Fsp3) is 0.481. The molecule has 4 aromatic heterocycles. The summed E-state index contributed by atoms with van der Waals surface area (Å²) >= 11 is 0. The lowest BCUT2D eigenvalue weighted by Gasteiger charge is -2.18. The molecule has 0 radical (unpaired) electrons. The average molecular weight is 484 g/mol. The van der Waals surface area contributed by atoms with Gasteiger partial charge in [0.05, 0.1) is 18.1 Å². The highest BCUT2D eigenvalue weighted by Crippen LogP contribution is 2.27. The average Bonchev–Trinajstić information content (AvgIpc) is 3.64. The number of nitrogens with zero attached hydrogens (tertiary/aromatic N) is 9. The molecular weight excluding hydrogens is 450 g/mol. The van der Waals surface area contributed by atoms with Crippen molar-refractivity contribution in [1.29, 1.82) is 0 Å². The molecule has 0 saturated carbocycles. The second kappa shape index (κ2) is 9.54. The molecule has 0 bridgehead atoms. The minimum Gasteiger partial charge on any atom is -0.355 e. The number of fused-ring (bicyclic) bond motifs is 1. The SMILES string of the molecule is Cc1nc2nc(C)c(CC3CCN(c4cnc(-c5ccc(CN6CCCC6)cn5)cn4)C3)c(C)n2n1. The molecule has 2 fully saturated rings. The molecule has 0 spiro atoms. The molecule has 0 aromatic carbocycles. The Kier molecular flexibility index (Phi) is 6.08. The summed E-state index contributed by atoms with van der Waals surface area (Å²) in [5, 5.41) is 4.52. The normalized spacial score (nSPS) is 18.5. The maximum Gasteiger partial charge on any atom is 0.252 e. The van der Waals surface area contributed by atoms with Crippen LogP contribution >= 0.6 is 0 Å². The van der Waals surface area contributed by atoms with E-state index in [0.29, 0.717) is 11.7 Å². The fourth-order valence-electron chi connectivity index (χ4n) is 5.59. The van der Waals surface area contributed by atoms with Crippen molar-refractivity contribution in [2.24, 2.45) is 5.92 Å². The highest BCUT2D eigenvalue weighted by atomic mass is 15.3. The summed E-state index contributed by atoms with van der Waals surface area (Å²) in [6.07, 6.45) is 10.4. The van der Waals surface area contributed by atoms with Crippen molar-refractivity contribution in [1.82, 2.24) is 39.4 Å². The van der Waals surface area contributed by atoms with Gasteiger partial charge in [-0.15, -0.1) is 0 Å². The Labute approximate surface area is 211 Å². The Hall–Kier alpha value is -3.46. The predicted molar refractivity (Wildman–Crippen MR) is 139 cm³/mol. The van der Waals surface area contributed by atoms with Gasteiger partial charge in [0.15, 0.2) is 0 Å². The standard InChI is InChI=1S/C27H33N9/c1-18-23(19(2)36-27(31-18)32-20(3)33-36)12-21-8-11-35(17-21)26-15-29-25(14-30-26)24-7-6-22(13-28-24)16-34-9-4-5-10-34/h6-7,13-15,21H,4-5,8-12,16-17H2,1-3H3. The van der Waals surface area contributed by atoms with Gasteiger partial charge in [-0.1, -0.05) is 6.07 Å². The summed E-state index contributed by atoms with van der Waals surface area (Å²) in [7, 11) is 0. The zero-order valence-corrected chi connectivity index (χ0v) is 21.4. The molecule has 36 heavy (non-hydrogen) atoms. The molecule has 6 rings (SSSR count). The van der Waals surface area contributed by atoms with E-state index >= 15 is 0 Å². The van der Waals surface area contributed by atoms with Gasteiger partial charge in [-0.2, -0.15) is 10.1 Å². The Morgan fingerprint density at radius 2 is 1.72 bits per heavy atom. The first kappa shape index (κ1) is 23.0. The van der Waals surface area contributed by atoms with E-state index in [-0.39, 0.29) is 0 Å². The van der Waals surface area contributed by atoms with E-state index in [1.54, 1.807) is 0 Å². The largest absolute Gasteiger partial charge is 0.355 e. The van der Waals surface area contributed by atoms with Gasteiger partial charge in [-0.05, 0) is 82.7 Å². The Bertz CT molecular complexity index is 1360. The fourth-order valence-corrected chi connectivity index (χ4v) is 5.59. The van der Waals surface area contributed by atoms with Crippen molar-refractivity contribution in [3.05, 3.63) is 59.1 Å². The van der Waals surface area contributed by atoms with Crippen LogP contribution in [0.25, 0.3) is 17.2 Å². The summed E-state index contributed by atoms with van der Waals surface area (Å²) in [6, 6.07) is 4.23. The van der Waals surface area contributed by atoms with Crippen LogP contribution in [0.1, 0.15) is 47.6 Å². The van der Waals surface area contributed by atoms with E-state index < -0.39 is 0 Å². The van der Waals surface area contributed by atoms with Crippen LogP contribution in [0, 0.1) is 26.7 Å². The summed E-state index contributed by atoms with van der Waals surface area (Å²) in [4.78, 5) is 28.0. The van der Waals surface area contributed by atoms with Crippen LogP contribution in [0.15, 0.2) is 30.7 Å². The van der Waals surface area contributed by atoms with Gasteiger partial charge in [-0.25, -0.2) is 19.5 Å². The molecule has 0 amide bonds. The lowest BCUT2D eigenvalue weighted by atomic mass is 9.96. The van der Waals surface area contributed by atoms with Crippen LogP contribution in [0.2, 0.25) is 0 Å². The number of aryl methyl sites for hydroxylation is 3. The molecule has 2 saturated heterocycles. The number of likely N-dealkylation sites (tertiary alicyclic amines) is 1. The van der Waals surface area contributed by atoms with Crippen LogP contribution in [-0.2, 0) is 13.0 Å². The molecule has 0 aliphatic carbocycles. The van der Waals surface area contributed by atoms with E-state index in [4.69, 9.17) is 15.0 Å². The number of rotatable bonds is 6. The molecule has 6 heterocycles. The van der Waals surface area contributed by atoms with Crippen molar-refractivity contribution >= 4 is 11.6 Å². The Morgan fingerprint density at radius 1 is 0.889 bits per heavy atom. The monoisotopic (exact) mass is 483 g/mol. The third-order valence-corrected chi connectivity index (χ3v) is 7.59. The smallest absolute Gasteiger partial charge is 0.252 e. The first-order chi connectivity index (χ1) is 17.5. The zero-order chi connectivity index (χ0) is 24.6. The van der Waals surface area contributed by atoms with Gasteiger partial charge in [0.2, 0.25) is 0 Å². The van der Waals surface area contributed by atoms with Gasteiger partial charge < -0.3 is 4.90 Å². The van der Waals surface area contributed by atoms with E-state index in [1.165, 1.54) is 37.1 Å². The molecule has 4 aromatic rings. The van der Waals surface area contributed by atoms with Gasteiger partial charge in [0, 0.05) is 37.2 Å². The van der Waals surface area contributed by atoms with E-state index in [9.17, 15) is 0 Å². The van der Waals surface area contributed by atoms with Gasteiger partial charge in [-0.3, -0.25) is 9.88 Å². The van der Waals surface area contributed by atoms with Crippen LogP contribution in [0.3, 0.4) is 0 Å². The maximum absolute atomic E-state index is 4.74. The summed E-state index contributed by atoms with van der Waals surface area (Å²) in [5.41, 5.74) is 6.41. The zero-order valence-electron chi connectivity index (χ0n) is 21.4. The van der Waals surface area contributed by atoms with Crippen molar-refractivity contribution < 1.29 is 0 Å². The Morgan fingerprint density at radius 3 is 2.47 bits per heavy atom. The third kappa shape index (κ3) is 4.55. The number of pyridine rings is 1. The summed E-state index contributed by atoms with van der Waals surface area (Å²) < 4.78 is 1.88. The first-order valence-corrected chi connectivity index (χ1v) is 13.0. The van der Waals surface area contributed by atoms with Gasteiger partial charge in [0.1, 0.15) is 17.3 Å². The van der Waals surface area contributed by atoms with Crippen LogP contribution in [-0.4, -0.2) is 65.6 Å². The van der Waals surface area contributed by atoms with E-state index in [1.807, 2.05) is 30.0 Å². The van der Waals surface area contributed by atoms with Crippen molar-refractivity contribution in [2.75, 3.05) is 31.1 Å². The minimum atomic E-state index is 0.539. The predicted octanol–water partition coefficient (Wildman–Crippen LogP) is 3.57.